The smallest absolute Gasteiger partial charge is 0.109 e. The van der Waals surface area contributed by atoms with Gasteiger partial charge >= 0.3 is 0 Å². The van der Waals surface area contributed by atoms with Crippen molar-refractivity contribution < 1.29 is 20.1 Å². The lowest BCUT2D eigenvalue weighted by Crippen LogP contribution is -2.46. The van der Waals surface area contributed by atoms with E-state index in [0.29, 0.717) is 13.0 Å². The summed E-state index contributed by atoms with van der Waals surface area (Å²) in [4.78, 5) is 0. The first-order chi connectivity index (χ1) is 5.75. The van der Waals surface area contributed by atoms with Gasteiger partial charge in [0.25, 0.3) is 0 Å². The van der Waals surface area contributed by atoms with Crippen molar-refractivity contribution in [1.29, 1.82) is 0 Å². The maximum Gasteiger partial charge on any atom is 0.109 e. The third-order valence-electron chi connectivity index (χ3n) is 1.70. The predicted molar refractivity (Wildman–Crippen MR) is 44.8 cm³/mol. The van der Waals surface area contributed by atoms with Gasteiger partial charge < -0.3 is 20.1 Å². The fourth-order valence-electron chi connectivity index (χ4n) is 1.02. The minimum absolute atomic E-state index is 0.238. The van der Waals surface area contributed by atoms with Gasteiger partial charge in [-0.25, -0.2) is 0 Å². The number of hydrogen-bond acceptors (Lipinski definition) is 4. The Hall–Kier alpha value is -0.160. The molecule has 0 radical (unpaired) electrons. The lowest BCUT2D eigenvalue weighted by atomic mass is 10.0. The summed E-state index contributed by atoms with van der Waals surface area (Å²) < 4.78 is 4.95. The van der Waals surface area contributed by atoms with E-state index in [1.54, 1.807) is 0 Å². The average molecular weight is 178 g/mol. The Morgan fingerprint density at radius 3 is 2.33 bits per heavy atom. The van der Waals surface area contributed by atoms with Crippen LogP contribution >= 0.6 is 0 Å². The Balaban J connectivity index is 0.000000561. The van der Waals surface area contributed by atoms with E-state index in [4.69, 9.17) is 20.1 Å². The number of hydrogen-bond donors (Lipinski definition) is 3. The van der Waals surface area contributed by atoms with E-state index in [0.717, 1.165) is 0 Å². The van der Waals surface area contributed by atoms with Crippen LogP contribution in [-0.2, 0) is 4.74 Å². The van der Waals surface area contributed by atoms with Gasteiger partial charge in [-0.3, -0.25) is 0 Å². The summed E-state index contributed by atoms with van der Waals surface area (Å²) in [6, 6.07) is 0. The van der Waals surface area contributed by atoms with Gasteiger partial charge in [0.2, 0.25) is 0 Å². The number of aliphatic hydroxyl groups is 3. The molecule has 1 fully saturated rings. The predicted octanol–water partition coefficient (Wildman–Crippen LogP) is -0.484. The van der Waals surface area contributed by atoms with E-state index in [9.17, 15) is 0 Å². The molecule has 0 saturated carbocycles. The van der Waals surface area contributed by atoms with Crippen LogP contribution in [0.2, 0.25) is 0 Å². The van der Waals surface area contributed by atoms with E-state index in [1.807, 2.05) is 13.8 Å². The Labute approximate surface area is 72.8 Å². The number of ether oxygens (including phenoxy) is 1. The van der Waals surface area contributed by atoms with E-state index < -0.39 is 18.3 Å². The summed E-state index contributed by atoms with van der Waals surface area (Å²) in [5.41, 5.74) is 0. The zero-order chi connectivity index (χ0) is 9.56. The van der Waals surface area contributed by atoms with Crippen molar-refractivity contribution in [3.05, 3.63) is 0 Å². The molecule has 0 aromatic rings. The molecule has 3 atom stereocenters. The summed E-state index contributed by atoms with van der Waals surface area (Å²) in [5.74, 6) is 0. The molecular weight excluding hydrogens is 160 g/mol. The third-order valence-corrected chi connectivity index (χ3v) is 1.70. The molecule has 12 heavy (non-hydrogen) atoms. The van der Waals surface area contributed by atoms with E-state index >= 15 is 0 Å². The van der Waals surface area contributed by atoms with Gasteiger partial charge in [0.1, 0.15) is 12.2 Å². The van der Waals surface area contributed by atoms with Crippen LogP contribution in [0.25, 0.3) is 0 Å². The number of aliphatic hydroxyl groups excluding tert-OH is 3. The molecule has 0 aromatic carbocycles. The zero-order valence-corrected chi connectivity index (χ0v) is 7.60. The topological polar surface area (TPSA) is 69.9 Å². The summed E-state index contributed by atoms with van der Waals surface area (Å²) >= 11 is 0. The van der Waals surface area contributed by atoms with Gasteiger partial charge in [-0.15, -0.1) is 0 Å². The minimum atomic E-state index is -0.932. The lowest BCUT2D eigenvalue weighted by molar-refractivity contribution is -0.147. The number of rotatable bonds is 1. The van der Waals surface area contributed by atoms with Crippen molar-refractivity contribution in [2.24, 2.45) is 0 Å². The molecule has 1 rings (SSSR count). The normalized spacial score (nSPS) is 35.2. The largest absolute Gasteiger partial charge is 0.394 e. The second kappa shape index (κ2) is 6.37. The van der Waals surface area contributed by atoms with Crippen molar-refractivity contribution in [2.75, 3.05) is 13.2 Å². The molecule has 0 spiro atoms. The summed E-state index contributed by atoms with van der Waals surface area (Å²) in [6.07, 6.45) is -1.84. The Bertz CT molecular complexity index is 107. The summed E-state index contributed by atoms with van der Waals surface area (Å²) in [6.45, 7) is 4.17. The molecule has 1 aliphatic heterocycles. The van der Waals surface area contributed by atoms with Gasteiger partial charge in [-0.2, -0.15) is 0 Å². The van der Waals surface area contributed by atoms with Crippen molar-refractivity contribution >= 4 is 0 Å². The van der Waals surface area contributed by atoms with Gasteiger partial charge in [0.05, 0.1) is 12.7 Å². The third kappa shape index (κ3) is 3.06. The average Bonchev–Trinajstić information content (AvgIpc) is 2.13. The van der Waals surface area contributed by atoms with Crippen LogP contribution in [0, 0.1) is 0 Å². The van der Waals surface area contributed by atoms with Crippen LogP contribution in [0.3, 0.4) is 0 Å². The molecule has 1 aliphatic rings. The molecule has 0 aromatic heterocycles. The standard InChI is InChI=1S/C6H12O4.C2H6/c7-3-5-6(9)4(8)1-2-10-5;1-2/h4-9H,1-3H2;1-2H3. The first-order valence-corrected chi connectivity index (χ1v) is 4.34. The van der Waals surface area contributed by atoms with E-state index in [-0.39, 0.29) is 6.61 Å². The molecule has 4 heteroatoms. The maximum atomic E-state index is 9.10. The van der Waals surface area contributed by atoms with Crippen LogP contribution in [0.4, 0.5) is 0 Å². The lowest BCUT2D eigenvalue weighted by Gasteiger charge is -2.30. The molecule has 74 valence electrons. The molecule has 3 unspecified atom stereocenters. The fourth-order valence-corrected chi connectivity index (χ4v) is 1.02. The van der Waals surface area contributed by atoms with Crippen LogP contribution in [0.15, 0.2) is 0 Å². The highest BCUT2D eigenvalue weighted by molar-refractivity contribution is 4.79. The SMILES string of the molecule is CC.OCC1OCCC(O)C1O. The molecule has 0 bridgehead atoms. The molecule has 1 saturated heterocycles. The Morgan fingerprint density at radius 1 is 1.33 bits per heavy atom. The second-order valence-corrected chi connectivity index (χ2v) is 2.44. The molecule has 3 N–H and O–H groups in total. The molecule has 1 heterocycles. The first kappa shape index (κ1) is 11.8. The van der Waals surface area contributed by atoms with Gasteiger partial charge in [-0.05, 0) is 6.42 Å². The van der Waals surface area contributed by atoms with Crippen molar-refractivity contribution in [3.8, 4) is 0 Å². The van der Waals surface area contributed by atoms with Gasteiger partial charge in [0.15, 0.2) is 0 Å². The van der Waals surface area contributed by atoms with Crippen LogP contribution in [0.5, 0.6) is 0 Å². The Kier molecular flexibility index (Phi) is 6.28. The fraction of sp³-hybridized carbons (Fsp3) is 1.00. The van der Waals surface area contributed by atoms with E-state index in [1.165, 1.54) is 0 Å². The molecular formula is C8H18O4. The monoisotopic (exact) mass is 178 g/mol. The van der Waals surface area contributed by atoms with Gasteiger partial charge in [-0.1, -0.05) is 13.8 Å². The zero-order valence-electron chi connectivity index (χ0n) is 7.60. The second-order valence-electron chi connectivity index (χ2n) is 2.44. The summed E-state index contributed by atoms with van der Waals surface area (Å²) in [5, 5.41) is 26.7. The molecule has 0 amide bonds. The van der Waals surface area contributed by atoms with Crippen LogP contribution < -0.4 is 0 Å². The molecule has 4 nitrogen and oxygen atoms in total. The van der Waals surface area contributed by atoms with Gasteiger partial charge in [0, 0.05) is 6.61 Å². The van der Waals surface area contributed by atoms with Crippen molar-refractivity contribution in [2.45, 2.75) is 38.6 Å². The quantitative estimate of drug-likeness (QED) is 0.507. The van der Waals surface area contributed by atoms with Crippen molar-refractivity contribution in [1.82, 2.24) is 0 Å². The maximum absolute atomic E-state index is 9.10. The van der Waals surface area contributed by atoms with Crippen LogP contribution in [-0.4, -0.2) is 46.8 Å². The highest BCUT2D eigenvalue weighted by atomic mass is 16.5. The Morgan fingerprint density at radius 2 is 1.92 bits per heavy atom. The van der Waals surface area contributed by atoms with Crippen molar-refractivity contribution in [3.63, 3.8) is 0 Å². The highest BCUT2D eigenvalue weighted by Gasteiger charge is 2.30. The highest BCUT2D eigenvalue weighted by Crippen LogP contribution is 2.13. The molecule has 0 aliphatic carbocycles. The van der Waals surface area contributed by atoms with Crippen LogP contribution in [0.1, 0.15) is 20.3 Å². The minimum Gasteiger partial charge on any atom is -0.394 e. The first-order valence-electron chi connectivity index (χ1n) is 4.34. The van der Waals surface area contributed by atoms with E-state index in [2.05, 4.69) is 0 Å². The summed E-state index contributed by atoms with van der Waals surface area (Å²) in [7, 11) is 0.